The number of fused-ring (bicyclic) bond motifs is 1. The highest BCUT2D eigenvalue weighted by atomic mass is 15.2. The summed E-state index contributed by atoms with van der Waals surface area (Å²) in [4.78, 5) is 4.17. The summed E-state index contributed by atoms with van der Waals surface area (Å²) >= 11 is 0. The van der Waals surface area contributed by atoms with Crippen LogP contribution in [0, 0.1) is 0 Å². The van der Waals surface area contributed by atoms with E-state index in [-0.39, 0.29) is 0 Å². The van der Waals surface area contributed by atoms with Crippen molar-refractivity contribution >= 4 is 11.6 Å². The van der Waals surface area contributed by atoms with Crippen LogP contribution in [0.5, 0.6) is 0 Å². The first-order valence-electron chi connectivity index (χ1n) is 7.08. The fourth-order valence-corrected chi connectivity index (χ4v) is 1.98. The van der Waals surface area contributed by atoms with Gasteiger partial charge in [0.25, 0.3) is 0 Å². The molecular formula is C14H22N6. The van der Waals surface area contributed by atoms with Gasteiger partial charge in [0.15, 0.2) is 11.6 Å². The molecule has 0 aliphatic carbocycles. The number of hydrogen-bond donors (Lipinski definition) is 2. The van der Waals surface area contributed by atoms with Crippen molar-refractivity contribution < 1.29 is 0 Å². The largest absolute Gasteiger partial charge is 0.356 e. The number of pyridine rings is 1. The molecule has 0 amide bonds. The molecule has 0 aliphatic rings. The van der Waals surface area contributed by atoms with Gasteiger partial charge in [-0.2, -0.15) is 0 Å². The lowest BCUT2D eigenvalue weighted by atomic mass is 10.3. The van der Waals surface area contributed by atoms with Gasteiger partial charge in [-0.1, -0.05) is 13.0 Å². The Balaban J connectivity index is 1.78. The van der Waals surface area contributed by atoms with E-state index in [9.17, 15) is 0 Å². The lowest BCUT2D eigenvalue weighted by molar-refractivity contribution is 0.710. The number of guanidine groups is 1. The third-order valence-electron chi connectivity index (χ3n) is 3.02. The summed E-state index contributed by atoms with van der Waals surface area (Å²) < 4.78 is 2.03. The molecule has 2 aromatic rings. The van der Waals surface area contributed by atoms with Crippen LogP contribution in [-0.4, -0.2) is 40.7 Å². The predicted molar refractivity (Wildman–Crippen MR) is 81.0 cm³/mol. The second-order valence-electron chi connectivity index (χ2n) is 4.57. The van der Waals surface area contributed by atoms with E-state index in [0.717, 1.165) is 49.8 Å². The van der Waals surface area contributed by atoms with Gasteiger partial charge >= 0.3 is 0 Å². The molecule has 0 saturated carbocycles. The van der Waals surface area contributed by atoms with Crippen LogP contribution in [0.25, 0.3) is 5.65 Å². The molecule has 0 aromatic carbocycles. The highest BCUT2D eigenvalue weighted by molar-refractivity contribution is 5.79. The fourth-order valence-electron chi connectivity index (χ4n) is 1.98. The number of nitrogens with zero attached hydrogens (tertiary/aromatic N) is 4. The standard InChI is InChI=1S/C14H22N6/c1-3-9-16-14(15-2)17-10-6-8-13-19-18-12-7-4-5-11-20(12)13/h4-5,7,11H,3,6,8-10H2,1-2H3,(H2,15,16,17). The van der Waals surface area contributed by atoms with E-state index in [1.165, 1.54) is 0 Å². The lowest BCUT2D eigenvalue weighted by Crippen LogP contribution is -2.38. The van der Waals surface area contributed by atoms with Crippen molar-refractivity contribution in [2.75, 3.05) is 20.1 Å². The minimum Gasteiger partial charge on any atom is -0.356 e. The van der Waals surface area contributed by atoms with E-state index in [1.54, 1.807) is 7.05 Å². The first-order valence-corrected chi connectivity index (χ1v) is 7.08. The van der Waals surface area contributed by atoms with Gasteiger partial charge in [0.1, 0.15) is 5.82 Å². The van der Waals surface area contributed by atoms with Gasteiger partial charge in [0, 0.05) is 32.8 Å². The number of nitrogens with one attached hydrogen (secondary N) is 2. The molecular weight excluding hydrogens is 252 g/mol. The Hall–Kier alpha value is -2.11. The number of aryl methyl sites for hydroxylation is 1. The van der Waals surface area contributed by atoms with Crippen LogP contribution in [0.15, 0.2) is 29.4 Å². The Bertz CT molecular complexity index is 560. The quantitative estimate of drug-likeness (QED) is 0.472. The van der Waals surface area contributed by atoms with Crippen LogP contribution in [0.1, 0.15) is 25.6 Å². The average Bonchev–Trinajstić information content (AvgIpc) is 2.90. The van der Waals surface area contributed by atoms with E-state index < -0.39 is 0 Å². The predicted octanol–water partition coefficient (Wildman–Crippen LogP) is 1.24. The summed E-state index contributed by atoms with van der Waals surface area (Å²) in [7, 11) is 1.79. The van der Waals surface area contributed by atoms with Crippen LogP contribution in [0.4, 0.5) is 0 Å². The van der Waals surface area contributed by atoms with Gasteiger partial charge in [0.05, 0.1) is 0 Å². The first kappa shape index (κ1) is 14.3. The molecule has 0 aliphatic heterocycles. The molecule has 6 heteroatoms. The third-order valence-corrected chi connectivity index (χ3v) is 3.02. The molecule has 0 bridgehead atoms. The van der Waals surface area contributed by atoms with Gasteiger partial charge in [-0.15, -0.1) is 10.2 Å². The van der Waals surface area contributed by atoms with Crippen LogP contribution >= 0.6 is 0 Å². The van der Waals surface area contributed by atoms with Gasteiger partial charge in [-0.25, -0.2) is 0 Å². The van der Waals surface area contributed by atoms with Crippen molar-refractivity contribution in [2.24, 2.45) is 4.99 Å². The van der Waals surface area contributed by atoms with Crippen molar-refractivity contribution in [3.8, 4) is 0 Å². The Morgan fingerprint density at radius 3 is 2.90 bits per heavy atom. The van der Waals surface area contributed by atoms with Gasteiger partial charge in [-0.3, -0.25) is 9.39 Å². The summed E-state index contributed by atoms with van der Waals surface area (Å²) in [5, 5.41) is 14.9. The van der Waals surface area contributed by atoms with Gasteiger partial charge in [-0.05, 0) is 25.0 Å². The molecule has 0 radical (unpaired) electrons. The Labute approximate surface area is 119 Å². The van der Waals surface area contributed by atoms with E-state index in [4.69, 9.17) is 0 Å². The molecule has 2 heterocycles. The second-order valence-corrected chi connectivity index (χ2v) is 4.57. The molecule has 2 rings (SSSR count). The van der Waals surface area contributed by atoms with Crippen molar-refractivity contribution in [1.29, 1.82) is 0 Å². The monoisotopic (exact) mass is 274 g/mol. The zero-order valence-electron chi connectivity index (χ0n) is 12.1. The molecule has 20 heavy (non-hydrogen) atoms. The second kappa shape index (κ2) is 7.47. The van der Waals surface area contributed by atoms with Crippen LogP contribution < -0.4 is 10.6 Å². The van der Waals surface area contributed by atoms with E-state index in [2.05, 4.69) is 32.7 Å². The summed E-state index contributed by atoms with van der Waals surface area (Å²) in [6.07, 6.45) is 4.97. The first-order chi connectivity index (χ1) is 9.85. The maximum Gasteiger partial charge on any atom is 0.190 e. The number of aromatic nitrogens is 3. The Morgan fingerprint density at radius 2 is 2.10 bits per heavy atom. The number of rotatable bonds is 6. The molecule has 6 nitrogen and oxygen atoms in total. The van der Waals surface area contributed by atoms with Crippen LogP contribution in [0.2, 0.25) is 0 Å². The Kier molecular flexibility index (Phi) is 5.34. The highest BCUT2D eigenvalue weighted by Crippen LogP contribution is 2.04. The summed E-state index contributed by atoms with van der Waals surface area (Å²) in [6.45, 7) is 3.94. The summed E-state index contributed by atoms with van der Waals surface area (Å²) in [5.41, 5.74) is 0.899. The third kappa shape index (κ3) is 3.69. The van der Waals surface area contributed by atoms with Crippen molar-refractivity contribution in [3.05, 3.63) is 30.2 Å². The lowest BCUT2D eigenvalue weighted by Gasteiger charge is -2.10. The van der Waals surface area contributed by atoms with Crippen LogP contribution in [0.3, 0.4) is 0 Å². The minimum absolute atomic E-state index is 0.859. The maximum absolute atomic E-state index is 4.22. The molecule has 2 aromatic heterocycles. The zero-order valence-corrected chi connectivity index (χ0v) is 12.1. The summed E-state index contributed by atoms with van der Waals surface area (Å²) in [5.74, 6) is 1.86. The van der Waals surface area contributed by atoms with E-state index in [1.807, 2.05) is 28.8 Å². The molecule has 0 fully saturated rings. The molecule has 0 saturated heterocycles. The SMILES string of the molecule is CCCNC(=NC)NCCCc1nnc2ccccn12. The molecule has 108 valence electrons. The van der Waals surface area contributed by atoms with Crippen molar-refractivity contribution in [2.45, 2.75) is 26.2 Å². The topological polar surface area (TPSA) is 66.6 Å². The minimum atomic E-state index is 0.859. The smallest absolute Gasteiger partial charge is 0.190 e. The Morgan fingerprint density at radius 1 is 1.25 bits per heavy atom. The van der Waals surface area contributed by atoms with Crippen LogP contribution in [-0.2, 0) is 6.42 Å². The normalized spacial score (nSPS) is 11.8. The van der Waals surface area contributed by atoms with Gasteiger partial charge < -0.3 is 10.6 Å². The maximum atomic E-state index is 4.22. The molecule has 0 atom stereocenters. The fraction of sp³-hybridized carbons (Fsp3) is 0.500. The number of aliphatic imine (C=N–C) groups is 1. The van der Waals surface area contributed by atoms with Crippen molar-refractivity contribution in [3.63, 3.8) is 0 Å². The van der Waals surface area contributed by atoms with E-state index in [0.29, 0.717) is 0 Å². The molecule has 0 unspecified atom stereocenters. The highest BCUT2D eigenvalue weighted by Gasteiger charge is 2.04. The molecule has 2 N–H and O–H groups in total. The average molecular weight is 274 g/mol. The van der Waals surface area contributed by atoms with E-state index >= 15 is 0 Å². The summed E-state index contributed by atoms with van der Waals surface area (Å²) in [6, 6.07) is 5.93. The molecule has 0 spiro atoms. The van der Waals surface area contributed by atoms with Gasteiger partial charge in [0.2, 0.25) is 0 Å². The number of hydrogen-bond acceptors (Lipinski definition) is 3. The zero-order chi connectivity index (χ0) is 14.2. The van der Waals surface area contributed by atoms with Crippen molar-refractivity contribution in [1.82, 2.24) is 25.2 Å².